The number of rotatable bonds is 6. The molecule has 1 aromatic carbocycles. The van der Waals surface area contributed by atoms with Crippen LogP contribution in [0.5, 0.6) is 0 Å². The van der Waals surface area contributed by atoms with Gasteiger partial charge in [0.15, 0.2) is 0 Å². The van der Waals surface area contributed by atoms with Gasteiger partial charge < -0.3 is 15.1 Å². The van der Waals surface area contributed by atoms with Gasteiger partial charge in [-0.15, -0.1) is 0 Å². The fourth-order valence-electron chi connectivity index (χ4n) is 2.99. The lowest BCUT2D eigenvalue weighted by Crippen LogP contribution is -2.47. The van der Waals surface area contributed by atoms with Crippen molar-refractivity contribution in [2.75, 3.05) is 47.8 Å². The summed E-state index contributed by atoms with van der Waals surface area (Å²) < 4.78 is 13.1. The van der Waals surface area contributed by atoms with Gasteiger partial charge in [0.05, 0.1) is 0 Å². The zero-order valence-corrected chi connectivity index (χ0v) is 15.0. The van der Waals surface area contributed by atoms with E-state index in [4.69, 9.17) is 0 Å². The number of anilines is 3. The Labute approximate surface area is 148 Å². The van der Waals surface area contributed by atoms with E-state index in [2.05, 4.69) is 32.0 Å². The first-order chi connectivity index (χ1) is 12.2. The lowest BCUT2D eigenvalue weighted by Gasteiger charge is -2.36. The largest absolute Gasteiger partial charge is 0.370 e. The highest BCUT2D eigenvalue weighted by molar-refractivity contribution is 5.49. The molecule has 2 aromatic rings. The number of nitrogens with zero attached hydrogens (tertiary/aromatic N) is 4. The first-order valence-electron chi connectivity index (χ1n) is 9.00. The third-order valence-corrected chi connectivity index (χ3v) is 4.43. The molecule has 0 unspecified atom stereocenters. The van der Waals surface area contributed by atoms with E-state index in [1.54, 1.807) is 0 Å². The molecular formula is C19H26FN5. The molecule has 134 valence electrons. The summed E-state index contributed by atoms with van der Waals surface area (Å²) in [5, 5.41) is 3.38. The maximum Gasteiger partial charge on any atom is 0.227 e. The smallest absolute Gasteiger partial charge is 0.227 e. The quantitative estimate of drug-likeness (QED) is 0.814. The second-order valence-electron chi connectivity index (χ2n) is 6.43. The molecule has 0 radical (unpaired) electrons. The number of unbranched alkanes of at least 4 members (excludes halogenated alkanes) is 1. The third-order valence-electron chi connectivity index (χ3n) is 4.43. The molecule has 2 heterocycles. The molecule has 1 aromatic heterocycles. The standard InChI is InChI=1S/C19H26FN5/c1-3-4-9-21-18-14-15(2)22-19(23-18)25-12-10-24(11-13-25)17-7-5-16(20)6-8-17/h5-8,14H,3-4,9-13H2,1-2H3,(H,21,22,23). The van der Waals surface area contributed by atoms with Gasteiger partial charge in [-0.1, -0.05) is 13.3 Å². The summed E-state index contributed by atoms with van der Waals surface area (Å²) >= 11 is 0. The van der Waals surface area contributed by atoms with Gasteiger partial charge >= 0.3 is 0 Å². The third kappa shape index (κ3) is 4.59. The van der Waals surface area contributed by atoms with E-state index in [0.29, 0.717) is 0 Å². The van der Waals surface area contributed by atoms with E-state index >= 15 is 0 Å². The van der Waals surface area contributed by atoms with Gasteiger partial charge in [0.1, 0.15) is 11.6 Å². The minimum atomic E-state index is -0.196. The highest BCUT2D eigenvalue weighted by atomic mass is 19.1. The summed E-state index contributed by atoms with van der Waals surface area (Å²) in [5.41, 5.74) is 2.04. The molecule has 25 heavy (non-hydrogen) atoms. The van der Waals surface area contributed by atoms with Crippen molar-refractivity contribution in [2.45, 2.75) is 26.7 Å². The molecule has 1 aliphatic heterocycles. The molecule has 1 N–H and O–H groups in total. The molecular weight excluding hydrogens is 317 g/mol. The van der Waals surface area contributed by atoms with Gasteiger partial charge in [-0.25, -0.2) is 9.37 Å². The fourth-order valence-corrected chi connectivity index (χ4v) is 2.99. The average molecular weight is 343 g/mol. The van der Waals surface area contributed by atoms with Gasteiger partial charge in [-0.2, -0.15) is 4.98 Å². The van der Waals surface area contributed by atoms with Crippen molar-refractivity contribution in [3.63, 3.8) is 0 Å². The Morgan fingerprint density at radius 3 is 2.40 bits per heavy atom. The van der Waals surface area contributed by atoms with Gasteiger partial charge in [-0.05, 0) is 37.6 Å². The van der Waals surface area contributed by atoms with Gasteiger partial charge in [0, 0.05) is 50.2 Å². The van der Waals surface area contributed by atoms with E-state index in [1.165, 1.54) is 12.1 Å². The Kier molecular flexibility index (Phi) is 5.68. The summed E-state index contributed by atoms with van der Waals surface area (Å²) in [7, 11) is 0. The second-order valence-corrected chi connectivity index (χ2v) is 6.43. The Morgan fingerprint density at radius 2 is 1.72 bits per heavy atom. The van der Waals surface area contributed by atoms with Crippen molar-refractivity contribution in [2.24, 2.45) is 0 Å². The SMILES string of the molecule is CCCCNc1cc(C)nc(N2CCN(c3ccc(F)cc3)CC2)n1. The number of hydrogen-bond acceptors (Lipinski definition) is 5. The van der Waals surface area contributed by atoms with E-state index in [-0.39, 0.29) is 5.82 Å². The molecule has 0 bridgehead atoms. The Morgan fingerprint density at radius 1 is 1.04 bits per heavy atom. The Balaban J connectivity index is 1.63. The number of hydrogen-bond donors (Lipinski definition) is 1. The monoisotopic (exact) mass is 343 g/mol. The molecule has 0 aliphatic carbocycles. The molecule has 0 atom stereocenters. The van der Waals surface area contributed by atoms with Gasteiger partial charge in [-0.3, -0.25) is 0 Å². The maximum atomic E-state index is 13.1. The van der Waals surface area contributed by atoms with Crippen molar-refractivity contribution < 1.29 is 4.39 Å². The van der Waals surface area contributed by atoms with Gasteiger partial charge in [0.2, 0.25) is 5.95 Å². The summed E-state index contributed by atoms with van der Waals surface area (Å²) in [6.45, 7) is 8.59. The second kappa shape index (κ2) is 8.14. The zero-order chi connectivity index (χ0) is 17.6. The van der Waals surface area contributed by atoms with Crippen molar-refractivity contribution in [3.8, 4) is 0 Å². The number of aromatic nitrogens is 2. The molecule has 6 heteroatoms. The fraction of sp³-hybridized carbons (Fsp3) is 0.474. The molecule has 3 rings (SSSR count). The van der Waals surface area contributed by atoms with Crippen LogP contribution in [0.4, 0.5) is 21.8 Å². The van der Waals surface area contributed by atoms with E-state index in [0.717, 1.165) is 68.7 Å². The van der Waals surface area contributed by atoms with Crippen LogP contribution >= 0.6 is 0 Å². The van der Waals surface area contributed by atoms with Gasteiger partial charge in [0.25, 0.3) is 0 Å². The highest BCUT2D eigenvalue weighted by Crippen LogP contribution is 2.20. The van der Waals surface area contributed by atoms with Crippen LogP contribution in [0.2, 0.25) is 0 Å². The highest BCUT2D eigenvalue weighted by Gasteiger charge is 2.20. The number of piperazine rings is 1. The van der Waals surface area contributed by atoms with Crippen LogP contribution in [0.25, 0.3) is 0 Å². The Bertz CT molecular complexity index is 681. The number of halogens is 1. The van der Waals surface area contributed by atoms with Crippen molar-refractivity contribution >= 4 is 17.5 Å². The molecule has 1 aliphatic rings. The van der Waals surface area contributed by atoms with Crippen LogP contribution in [0.3, 0.4) is 0 Å². The topological polar surface area (TPSA) is 44.3 Å². The van der Waals surface area contributed by atoms with Crippen LogP contribution < -0.4 is 15.1 Å². The molecule has 5 nitrogen and oxygen atoms in total. The number of aryl methyl sites for hydroxylation is 1. The summed E-state index contributed by atoms with van der Waals surface area (Å²) in [6.07, 6.45) is 2.30. The number of benzene rings is 1. The van der Waals surface area contributed by atoms with Crippen LogP contribution in [0.15, 0.2) is 30.3 Å². The predicted octanol–water partition coefficient (Wildman–Crippen LogP) is 3.46. The molecule has 1 saturated heterocycles. The van der Waals surface area contributed by atoms with Crippen LogP contribution in [-0.2, 0) is 0 Å². The summed E-state index contributed by atoms with van der Waals surface area (Å²) in [5.74, 6) is 1.49. The summed E-state index contributed by atoms with van der Waals surface area (Å²) in [6, 6.07) is 8.70. The van der Waals surface area contributed by atoms with Crippen LogP contribution in [0.1, 0.15) is 25.5 Å². The number of nitrogens with one attached hydrogen (secondary N) is 1. The first kappa shape index (κ1) is 17.5. The molecule has 0 amide bonds. The van der Waals surface area contributed by atoms with Crippen molar-refractivity contribution in [3.05, 3.63) is 41.8 Å². The predicted molar refractivity (Wildman–Crippen MR) is 101 cm³/mol. The van der Waals surface area contributed by atoms with Crippen LogP contribution in [0, 0.1) is 12.7 Å². The minimum absolute atomic E-state index is 0.196. The molecule has 0 saturated carbocycles. The van der Waals surface area contributed by atoms with Crippen molar-refractivity contribution in [1.29, 1.82) is 0 Å². The van der Waals surface area contributed by atoms with E-state index < -0.39 is 0 Å². The molecule has 1 fully saturated rings. The normalized spacial score (nSPS) is 14.7. The Hall–Kier alpha value is -2.37. The average Bonchev–Trinajstić information content (AvgIpc) is 2.62. The minimum Gasteiger partial charge on any atom is -0.370 e. The first-order valence-corrected chi connectivity index (χ1v) is 9.00. The maximum absolute atomic E-state index is 13.1. The summed E-state index contributed by atoms with van der Waals surface area (Å²) in [4.78, 5) is 13.8. The lowest BCUT2D eigenvalue weighted by atomic mass is 10.2. The lowest BCUT2D eigenvalue weighted by molar-refractivity contribution is 0.623. The zero-order valence-electron chi connectivity index (χ0n) is 15.0. The van der Waals surface area contributed by atoms with Crippen molar-refractivity contribution in [1.82, 2.24) is 9.97 Å². The van der Waals surface area contributed by atoms with Crippen LogP contribution in [-0.4, -0.2) is 42.7 Å². The molecule has 0 spiro atoms. The van der Waals surface area contributed by atoms with E-state index in [1.807, 2.05) is 25.1 Å². The van der Waals surface area contributed by atoms with E-state index in [9.17, 15) is 4.39 Å².